The minimum absolute atomic E-state index is 1.05. The fourth-order valence-corrected chi connectivity index (χ4v) is 10.7. The molecule has 3 heteroatoms. The molecule has 12 aromatic rings. The maximum absolute atomic E-state index is 2.44. The number of benzene rings is 11. The maximum Gasteiger partial charge on any atom is 0.0488 e. The van der Waals surface area contributed by atoms with Gasteiger partial charge in [-0.3, -0.25) is 0 Å². The molecule has 0 N–H and O–H groups in total. The van der Waals surface area contributed by atoms with E-state index in [4.69, 9.17) is 0 Å². The van der Waals surface area contributed by atoms with Crippen molar-refractivity contribution >= 4 is 76.4 Å². The van der Waals surface area contributed by atoms with Gasteiger partial charge < -0.3 is 9.80 Å². The zero-order valence-corrected chi connectivity index (χ0v) is 37.5. The third kappa shape index (κ3) is 7.82. The first-order valence-corrected chi connectivity index (χ1v) is 23.6. The van der Waals surface area contributed by atoms with Crippen molar-refractivity contribution < 1.29 is 0 Å². The van der Waals surface area contributed by atoms with Crippen LogP contribution in [0.15, 0.2) is 267 Å². The Morgan fingerprint density at radius 2 is 0.627 bits per heavy atom. The van der Waals surface area contributed by atoms with Gasteiger partial charge >= 0.3 is 0 Å². The van der Waals surface area contributed by atoms with Crippen LogP contribution in [0.25, 0.3) is 75.5 Å². The molecule has 0 amide bonds. The topological polar surface area (TPSA) is 6.48 Å². The lowest BCUT2D eigenvalue weighted by molar-refractivity contribution is 1.25. The largest absolute Gasteiger partial charge is 0.310 e. The highest BCUT2D eigenvalue weighted by molar-refractivity contribution is 7.25. The van der Waals surface area contributed by atoms with Gasteiger partial charge in [-0.2, -0.15) is 0 Å². The minimum Gasteiger partial charge on any atom is -0.310 e. The lowest BCUT2D eigenvalue weighted by Gasteiger charge is -2.31. The van der Waals surface area contributed by atoms with Crippen LogP contribution in [0.5, 0.6) is 0 Å². The summed E-state index contributed by atoms with van der Waals surface area (Å²) in [5, 5.41) is 4.99. The van der Waals surface area contributed by atoms with E-state index in [0.717, 1.165) is 39.7 Å². The third-order valence-electron chi connectivity index (χ3n) is 12.8. The van der Waals surface area contributed by atoms with Crippen LogP contribution in [0.2, 0.25) is 0 Å². The zero-order valence-electron chi connectivity index (χ0n) is 36.7. The summed E-state index contributed by atoms with van der Waals surface area (Å²) < 4.78 is 2.55. The molecule has 1 heterocycles. The van der Waals surface area contributed by atoms with Crippen LogP contribution in [0, 0.1) is 0 Å². The van der Waals surface area contributed by atoms with E-state index >= 15 is 0 Å². The predicted molar refractivity (Wildman–Crippen MR) is 288 cm³/mol. The fourth-order valence-electron chi connectivity index (χ4n) is 9.53. The summed E-state index contributed by atoms with van der Waals surface area (Å²) in [4.78, 5) is 4.85. The molecule has 0 atom stereocenters. The molecule has 0 radical (unpaired) electrons. The van der Waals surface area contributed by atoms with Crippen molar-refractivity contribution in [3.63, 3.8) is 0 Å². The van der Waals surface area contributed by atoms with E-state index in [1.807, 2.05) is 11.3 Å². The Kier molecular flexibility index (Phi) is 10.4. The molecule has 0 fully saturated rings. The van der Waals surface area contributed by atoms with E-state index < -0.39 is 0 Å². The molecule has 2 nitrogen and oxygen atoms in total. The average Bonchev–Trinajstić information content (AvgIpc) is 3.78. The van der Waals surface area contributed by atoms with Crippen molar-refractivity contribution in [1.29, 1.82) is 0 Å². The Morgan fingerprint density at radius 3 is 1.16 bits per heavy atom. The van der Waals surface area contributed by atoms with Gasteiger partial charge in [-0.1, -0.05) is 194 Å². The molecule has 0 saturated heterocycles. The molecule has 0 saturated carbocycles. The highest BCUT2D eigenvalue weighted by Crippen LogP contribution is 2.46. The highest BCUT2D eigenvalue weighted by atomic mass is 32.1. The summed E-state index contributed by atoms with van der Waals surface area (Å²) in [5.74, 6) is 0. The first-order chi connectivity index (χ1) is 33.2. The second-order valence-electron chi connectivity index (χ2n) is 17.0. The highest BCUT2D eigenvalue weighted by Gasteiger charge is 2.21. The molecule has 0 aliphatic rings. The lowest BCUT2D eigenvalue weighted by atomic mass is 9.96. The third-order valence-corrected chi connectivity index (χ3v) is 14.0. The van der Waals surface area contributed by atoms with Gasteiger partial charge in [0, 0.05) is 54.3 Å². The molecule has 0 unspecified atom stereocenters. The van der Waals surface area contributed by atoms with Crippen LogP contribution in [-0.4, -0.2) is 0 Å². The molecule has 1 aromatic heterocycles. The van der Waals surface area contributed by atoms with Crippen molar-refractivity contribution in [1.82, 2.24) is 0 Å². The molecular formula is C64H44N2S. The summed E-state index contributed by atoms with van der Waals surface area (Å²) >= 11 is 1.85. The van der Waals surface area contributed by atoms with Gasteiger partial charge in [0.05, 0.1) is 0 Å². The zero-order chi connectivity index (χ0) is 44.5. The Labute approximate surface area is 395 Å². The first-order valence-electron chi connectivity index (χ1n) is 22.8. The van der Waals surface area contributed by atoms with Gasteiger partial charge in [0.1, 0.15) is 0 Å². The minimum atomic E-state index is 1.05. The summed E-state index contributed by atoms with van der Waals surface area (Å²) in [7, 11) is 0. The quantitative estimate of drug-likeness (QED) is 0.135. The van der Waals surface area contributed by atoms with Crippen molar-refractivity contribution in [2.45, 2.75) is 0 Å². The molecule has 67 heavy (non-hydrogen) atoms. The first kappa shape index (κ1) is 40.0. The van der Waals surface area contributed by atoms with Crippen molar-refractivity contribution in [2.75, 3.05) is 9.80 Å². The van der Waals surface area contributed by atoms with Crippen LogP contribution in [0.4, 0.5) is 34.1 Å². The van der Waals surface area contributed by atoms with Gasteiger partial charge in [-0.25, -0.2) is 0 Å². The second-order valence-corrected chi connectivity index (χ2v) is 18.0. The maximum atomic E-state index is 2.44. The number of nitrogens with zero attached hydrogens (tertiary/aromatic N) is 2. The lowest BCUT2D eigenvalue weighted by Crippen LogP contribution is -2.13. The fraction of sp³-hybridized carbons (Fsp3) is 0. The number of hydrogen-bond acceptors (Lipinski definition) is 3. The molecule has 316 valence electrons. The van der Waals surface area contributed by atoms with Gasteiger partial charge in [-0.15, -0.1) is 11.3 Å². The number of anilines is 6. The molecular weight excluding hydrogens is 829 g/mol. The molecule has 11 aromatic carbocycles. The van der Waals surface area contributed by atoms with E-state index in [-0.39, 0.29) is 0 Å². The van der Waals surface area contributed by atoms with E-state index in [1.165, 1.54) is 69.9 Å². The summed E-state index contributed by atoms with van der Waals surface area (Å²) in [6.07, 6.45) is 0. The van der Waals surface area contributed by atoms with Crippen LogP contribution >= 0.6 is 11.3 Å². The summed E-state index contributed by atoms with van der Waals surface area (Å²) in [5.41, 5.74) is 15.8. The van der Waals surface area contributed by atoms with E-state index in [0.29, 0.717) is 0 Å². The van der Waals surface area contributed by atoms with E-state index in [9.17, 15) is 0 Å². The summed E-state index contributed by atoms with van der Waals surface area (Å²) in [6, 6.07) is 97.1. The number of rotatable bonds is 10. The van der Waals surface area contributed by atoms with Gasteiger partial charge in [0.2, 0.25) is 0 Å². The van der Waals surface area contributed by atoms with Crippen LogP contribution in [-0.2, 0) is 0 Å². The average molecular weight is 873 g/mol. The Balaban J connectivity index is 1.09. The molecule has 0 bridgehead atoms. The number of thiophene rings is 1. The van der Waals surface area contributed by atoms with Gasteiger partial charge in [0.25, 0.3) is 0 Å². The summed E-state index contributed by atoms with van der Waals surface area (Å²) in [6.45, 7) is 0. The SMILES string of the molecule is c1ccc(-c2ccc(N(c3ccc(-c4ccccc4)cc3)c3cc(-c4cccc5ccccc45)cc(N(c4ccc(-c5ccccc5)cc4)c4ccc5c(c4)sc4ccccc45)c3)cc2)cc1. The monoisotopic (exact) mass is 872 g/mol. The normalized spacial score (nSPS) is 11.3. The Bertz CT molecular complexity index is 3570. The van der Waals surface area contributed by atoms with Crippen LogP contribution in [0.3, 0.4) is 0 Å². The Hall–Kier alpha value is -8.50. The van der Waals surface area contributed by atoms with Crippen molar-refractivity contribution in [2.24, 2.45) is 0 Å². The smallest absolute Gasteiger partial charge is 0.0488 e. The van der Waals surface area contributed by atoms with Crippen molar-refractivity contribution in [3.8, 4) is 44.5 Å². The second kappa shape index (κ2) is 17.5. The molecule has 0 aliphatic carbocycles. The van der Waals surface area contributed by atoms with Gasteiger partial charge in [0.15, 0.2) is 0 Å². The van der Waals surface area contributed by atoms with Crippen LogP contribution in [0.1, 0.15) is 0 Å². The number of hydrogen-bond donors (Lipinski definition) is 0. The van der Waals surface area contributed by atoms with Crippen molar-refractivity contribution in [3.05, 3.63) is 267 Å². The van der Waals surface area contributed by atoms with Crippen LogP contribution < -0.4 is 9.80 Å². The van der Waals surface area contributed by atoms with E-state index in [1.54, 1.807) is 0 Å². The van der Waals surface area contributed by atoms with E-state index in [2.05, 4.69) is 277 Å². The predicted octanol–water partition coefficient (Wildman–Crippen LogP) is 18.8. The molecule has 0 spiro atoms. The standard InChI is InChI=1S/C64H44N2S/c1-4-15-45(16-5-1)48-27-33-53(34-28-48)65(54-35-29-49(30-36-54)46-17-6-2-7-18-46)57-41-52(60-25-14-22-51-21-10-11-23-59(51)60)42-58(43-57)66(55-37-31-50(32-38-55)47-19-8-3-9-20-47)56-39-40-62-61-24-12-13-26-63(61)67-64(62)44-56/h1-44H. The Morgan fingerprint density at radius 1 is 0.224 bits per heavy atom. The van der Waals surface area contributed by atoms with Gasteiger partial charge in [-0.05, 0) is 128 Å². The molecule has 0 aliphatic heterocycles. The molecule has 12 rings (SSSR count). The number of fused-ring (bicyclic) bond motifs is 4.